The first-order valence-electron chi connectivity index (χ1n) is 6.30. The summed E-state index contributed by atoms with van der Waals surface area (Å²) in [6, 6.07) is 0. The van der Waals surface area contributed by atoms with Crippen molar-refractivity contribution in [3.05, 3.63) is 11.1 Å². The normalized spacial score (nSPS) is 23.4. The topological polar surface area (TPSA) is 44.6 Å². The molecule has 0 aromatic rings. The van der Waals surface area contributed by atoms with Crippen LogP contribution in [-0.4, -0.2) is 30.6 Å². The summed E-state index contributed by atoms with van der Waals surface area (Å²) in [5, 5.41) is 13.9. The van der Waals surface area contributed by atoms with Crippen molar-refractivity contribution in [2.24, 2.45) is 10.9 Å². The van der Waals surface area contributed by atoms with Gasteiger partial charge in [-0.3, -0.25) is 10.3 Å². The molecule has 0 aromatic heterocycles. The Morgan fingerprint density at radius 3 is 3.06 bits per heavy atom. The summed E-state index contributed by atoms with van der Waals surface area (Å²) < 4.78 is 0. The molecule has 0 aromatic carbocycles. The fourth-order valence-electron chi connectivity index (χ4n) is 1.90. The van der Waals surface area contributed by atoms with Crippen molar-refractivity contribution >= 4 is 17.3 Å². The van der Waals surface area contributed by atoms with Crippen molar-refractivity contribution in [1.29, 1.82) is 0 Å². The van der Waals surface area contributed by atoms with Gasteiger partial charge >= 0.3 is 0 Å². The van der Waals surface area contributed by atoms with Gasteiger partial charge in [0, 0.05) is 24.3 Å². The summed E-state index contributed by atoms with van der Waals surface area (Å²) in [6.45, 7) is 2.85. The van der Waals surface area contributed by atoms with Gasteiger partial charge in [-0.1, -0.05) is 17.7 Å². The minimum absolute atomic E-state index is 0.423. The number of aliphatic hydroxyl groups excluding tert-OH is 1. The van der Waals surface area contributed by atoms with Gasteiger partial charge < -0.3 is 5.11 Å². The number of nitrogens with zero attached hydrogens (tertiary/aromatic N) is 1. The molecule has 1 aliphatic carbocycles. The van der Waals surface area contributed by atoms with E-state index in [1.807, 2.05) is 6.92 Å². The molecule has 0 heterocycles. The molecule has 1 aliphatic rings. The second-order valence-electron chi connectivity index (χ2n) is 4.71. The van der Waals surface area contributed by atoms with Gasteiger partial charge in [-0.05, 0) is 44.9 Å². The zero-order valence-corrected chi connectivity index (χ0v) is 11.5. The molecule has 0 spiro atoms. The Bertz CT molecular complexity index is 289. The van der Waals surface area contributed by atoms with Crippen LogP contribution in [0.3, 0.4) is 0 Å². The Morgan fingerprint density at radius 2 is 2.47 bits per heavy atom. The highest BCUT2D eigenvalue weighted by Crippen LogP contribution is 2.25. The van der Waals surface area contributed by atoms with Gasteiger partial charge in [0.2, 0.25) is 0 Å². The fourth-order valence-corrected chi connectivity index (χ4v) is 2.10. The first-order chi connectivity index (χ1) is 8.11. The summed E-state index contributed by atoms with van der Waals surface area (Å²) >= 11 is 5.92. The zero-order chi connectivity index (χ0) is 12.7. The van der Waals surface area contributed by atoms with Crippen molar-refractivity contribution in [2.75, 3.05) is 13.6 Å². The Labute approximate surface area is 109 Å². The molecule has 0 saturated heterocycles. The highest BCUT2D eigenvalue weighted by Gasteiger charge is 2.14. The lowest BCUT2D eigenvalue weighted by Crippen LogP contribution is -2.34. The first kappa shape index (κ1) is 14.7. The zero-order valence-electron chi connectivity index (χ0n) is 10.7. The highest BCUT2D eigenvalue weighted by atomic mass is 35.5. The molecule has 0 aliphatic heterocycles. The average molecular weight is 259 g/mol. The number of allylic oxidation sites excluding steroid dienone is 2. The fraction of sp³-hybridized carbons (Fsp3) is 0.769. The molecule has 1 rings (SSSR count). The number of halogens is 1. The van der Waals surface area contributed by atoms with Crippen molar-refractivity contribution in [3.8, 4) is 0 Å². The minimum atomic E-state index is -0.423. The van der Waals surface area contributed by atoms with Crippen molar-refractivity contribution in [1.82, 2.24) is 5.32 Å². The van der Waals surface area contributed by atoms with Crippen LogP contribution in [-0.2, 0) is 0 Å². The third-order valence-corrected chi connectivity index (χ3v) is 3.61. The molecular formula is C13H23ClN2O. The van der Waals surface area contributed by atoms with E-state index < -0.39 is 6.23 Å². The standard InChI is InChI=1S/C13H23ClN2O/c1-10(15-2)3-8-13(17)16-9-11-4-6-12(14)7-5-11/h6,11,13,16-17H,3-5,7-9H2,1-2H3. The van der Waals surface area contributed by atoms with Crippen molar-refractivity contribution in [3.63, 3.8) is 0 Å². The number of aliphatic imine (C=N–C) groups is 1. The van der Waals surface area contributed by atoms with Crippen LogP contribution in [0, 0.1) is 5.92 Å². The number of hydrogen-bond donors (Lipinski definition) is 2. The van der Waals surface area contributed by atoms with Crippen LogP contribution < -0.4 is 5.32 Å². The molecule has 0 saturated carbocycles. The molecule has 2 N–H and O–H groups in total. The predicted molar refractivity (Wildman–Crippen MR) is 73.6 cm³/mol. The molecule has 0 amide bonds. The molecular weight excluding hydrogens is 236 g/mol. The van der Waals surface area contributed by atoms with Gasteiger partial charge in [-0.25, -0.2) is 0 Å². The van der Waals surface area contributed by atoms with Gasteiger partial charge in [-0.2, -0.15) is 0 Å². The van der Waals surface area contributed by atoms with Crippen LogP contribution >= 0.6 is 11.6 Å². The van der Waals surface area contributed by atoms with Crippen LogP contribution in [0.15, 0.2) is 16.1 Å². The smallest absolute Gasteiger partial charge is 0.105 e. The molecule has 2 unspecified atom stereocenters. The van der Waals surface area contributed by atoms with Crippen molar-refractivity contribution < 1.29 is 5.11 Å². The van der Waals surface area contributed by atoms with Gasteiger partial charge in [0.25, 0.3) is 0 Å². The van der Waals surface area contributed by atoms with Crippen LogP contribution in [0.4, 0.5) is 0 Å². The Kier molecular flexibility index (Phi) is 6.78. The molecule has 17 heavy (non-hydrogen) atoms. The van der Waals surface area contributed by atoms with E-state index in [9.17, 15) is 5.11 Å². The maximum absolute atomic E-state index is 9.77. The van der Waals surface area contributed by atoms with Crippen molar-refractivity contribution in [2.45, 2.75) is 45.3 Å². The van der Waals surface area contributed by atoms with E-state index in [4.69, 9.17) is 11.6 Å². The third kappa shape index (κ3) is 6.20. The van der Waals surface area contributed by atoms with E-state index in [1.54, 1.807) is 7.05 Å². The van der Waals surface area contributed by atoms with Gasteiger partial charge in [0.15, 0.2) is 0 Å². The SMILES string of the molecule is CN=C(C)CCC(O)NCC1CC=C(Cl)CC1. The summed E-state index contributed by atoms with van der Waals surface area (Å²) in [6.07, 6.45) is 6.36. The lowest BCUT2D eigenvalue weighted by Gasteiger charge is -2.22. The van der Waals surface area contributed by atoms with Gasteiger partial charge in [-0.15, -0.1) is 0 Å². The summed E-state index contributed by atoms with van der Waals surface area (Å²) in [5.74, 6) is 0.605. The van der Waals surface area contributed by atoms with E-state index >= 15 is 0 Å². The van der Waals surface area contributed by atoms with E-state index in [0.29, 0.717) is 5.92 Å². The number of hydrogen-bond acceptors (Lipinski definition) is 3. The largest absolute Gasteiger partial charge is 0.379 e. The second-order valence-corrected chi connectivity index (χ2v) is 5.20. The molecule has 3 nitrogen and oxygen atoms in total. The average Bonchev–Trinajstić information content (AvgIpc) is 2.35. The molecule has 0 fully saturated rings. The van der Waals surface area contributed by atoms with Crippen LogP contribution in [0.25, 0.3) is 0 Å². The highest BCUT2D eigenvalue weighted by molar-refractivity contribution is 6.29. The Hall–Kier alpha value is -0.380. The minimum Gasteiger partial charge on any atom is -0.379 e. The summed E-state index contributed by atoms with van der Waals surface area (Å²) in [5.41, 5.74) is 1.08. The molecule has 98 valence electrons. The lowest BCUT2D eigenvalue weighted by molar-refractivity contribution is 0.123. The number of aliphatic hydroxyl groups is 1. The maximum Gasteiger partial charge on any atom is 0.105 e. The number of rotatable bonds is 6. The van der Waals surface area contributed by atoms with Crippen LogP contribution in [0.5, 0.6) is 0 Å². The number of nitrogens with one attached hydrogen (secondary N) is 1. The summed E-state index contributed by atoms with van der Waals surface area (Å²) in [7, 11) is 1.78. The van der Waals surface area contributed by atoms with Gasteiger partial charge in [0.1, 0.15) is 6.23 Å². The predicted octanol–water partition coefficient (Wildman–Crippen LogP) is 2.69. The Morgan fingerprint density at radius 1 is 1.71 bits per heavy atom. The van der Waals surface area contributed by atoms with Crippen LogP contribution in [0.1, 0.15) is 39.0 Å². The molecule has 2 atom stereocenters. The second kappa shape index (κ2) is 7.85. The lowest BCUT2D eigenvalue weighted by atomic mass is 9.94. The van der Waals surface area contributed by atoms with E-state index in [2.05, 4.69) is 16.4 Å². The maximum atomic E-state index is 9.77. The first-order valence-corrected chi connectivity index (χ1v) is 6.68. The molecule has 0 radical (unpaired) electrons. The van der Waals surface area contributed by atoms with Gasteiger partial charge in [0.05, 0.1) is 0 Å². The summed E-state index contributed by atoms with van der Waals surface area (Å²) in [4.78, 5) is 4.07. The van der Waals surface area contributed by atoms with E-state index in [-0.39, 0.29) is 0 Å². The monoisotopic (exact) mass is 258 g/mol. The van der Waals surface area contributed by atoms with E-state index in [0.717, 1.165) is 49.4 Å². The quantitative estimate of drug-likeness (QED) is 0.568. The molecule has 4 heteroatoms. The molecule has 0 bridgehead atoms. The van der Waals surface area contributed by atoms with E-state index in [1.165, 1.54) is 0 Å². The third-order valence-electron chi connectivity index (χ3n) is 3.27. The van der Waals surface area contributed by atoms with Crippen LogP contribution in [0.2, 0.25) is 0 Å². The Balaban J connectivity index is 2.13.